The summed E-state index contributed by atoms with van der Waals surface area (Å²) >= 11 is 0. The summed E-state index contributed by atoms with van der Waals surface area (Å²) in [5, 5.41) is 6.29. The molecular weight excluding hydrogens is 247 g/mol. The quantitative estimate of drug-likeness (QED) is 0.903. The SMILES string of the molecule is CNCc1cnc(-n2ccc(C(F)(F)F)n2)cn1. The summed E-state index contributed by atoms with van der Waals surface area (Å²) in [5.74, 6) is 0.241. The first-order chi connectivity index (χ1) is 8.50. The third-order valence-electron chi connectivity index (χ3n) is 2.16. The lowest BCUT2D eigenvalue weighted by atomic mass is 10.4. The fraction of sp³-hybridized carbons (Fsp3) is 0.300. The third kappa shape index (κ3) is 2.65. The lowest BCUT2D eigenvalue weighted by molar-refractivity contribution is -0.141. The van der Waals surface area contributed by atoms with Crippen LogP contribution in [0.1, 0.15) is 11.4 Å². The van der Waals surface area contributed by atoms with Gasteiger partial charge in [-0.1, -0.05) is 0 Å². The average Bonchev–Trinajstić information content (AvgIpc) is 2.79. The van der Waals surface area contributed by atoms with E-state index in [0.717, 1.165) is 10.7 Å². The Morgan fingerprint density at radius 3 is 2.56 bits per heavy atom. The van der Waals surface area contributed by atoms with Crippen LogP contribution in [0.15, 0.2) is 24.7 Å². The fourth-order valence-corrected chi connectivity index (χ4v) is 1.34. The van der Waals surface area contributed by atoms with Crippen LogP contribution in [0.25, 0.3) is 5.82 Å². The van der Waals surface area contributed by atoms with E-state index in [1.807, 2.05) is 0 Å². The molecule has 0 spiro atoms. The Hall–Kier alpha value is -1.96. The topological polar surface area (TPSA) is 55.6 Å². The molecule has 96 valence electrons. The van der Waals surface area contributed by atoms with Gasteiger partial charge in [-0.05, 0) is 13.1 Å². The molecule has 2 heterocycles. The van der Waals surface area contributed by atoms with Crippen molar-refractivity contribution < 1.29 is 13.2 Å². The monoisotopic (exact) mass is 257 g/mol. The van der Waals surface area contributed by atoms with Crippen molar-refractivity contribution in [2.45, 2.75) is 12.7 Å². The van der Waals surface area contributed by atoms with Gasteiger partial charge in [0.25, 0.3) is 0 Å². The number of aromatic nitrogens is 4. The van der Waals surface area contributed by atoms with E-state index in [9.17, 15) is 13.2 Å². The standard InChI is InChI=1S/C10H10F3N5/c1-14-4-7-5-16-9(6-15-7)18-3-2-8(17-18)10(11,12)13/h2-3,5-6,14H,4H2,1H3. The van der Waals surface area contributed by atoms with Crippen LogP contribution >= 0.6 is 0 Å². The summed E-state index contributed by atoms with van der Waals surface area (Å²) in [6, 6.07) is 0.892. The van der Waals surface area contributed by atoms with Gasteiger partial charge in [-0.15, -0.1) is 0 Å². The second-order valence-electron chi connectivity index (χ2n) is 3.54. The molecule has 0 amide bonds. The van der Waals surface area contributed by atoms with Gasteiger partial charge in [0.15, 0.2) is 11.5 Å². The van der Waals surface area contributed by atoms with E-state index in [1.54, 1.807) is 7.05 Å². The molecule has 5 nitrogen and oxygen atoms in total. The zero-order chi connectivity index (χ0) is 13.2. The maximum atomic E-state index is 12.4. The lowest BCUT2D eigenvalue weighted by Crippen LogP contribution is -2.10. The fourth-order valence-electron chi connectivity index (χ4n) is 1.34. The summed E-state index contributed by atoms with van der Waals surface area (Å²) in [7, 11) is 1.76. The zero-order valence-corrected chi connectivity index (χ0v) is 9.44. The Bertz CT molecular complexity index is 517. The summed E-state index contributed by atoms with van der Waals surface area (Å²) < 4.78 is 38.1. The van der Waals surface area contributed by atoms with E-state index in [-0.39, 0.29) is 5.82 Å². The minimum absolute atomic E-state index is 0.241. The molecule has 0 fully saturated rings. The molecule has 0 bridgehead atoms. The maximum absolute atomic E-state index is 12.4. The predicted octanol–water partition coefficient (Wildman–Crippen LogP) is 1.40. The number of alkyl halides is 3. The normalized spacial score (nSPS) is 11.8. The molecule has 0 saturated carbocycles. The molecule has 0 aliphatic rings. The van der Waals surface area contributed by atoms with Crippen LogP contribution in [0.4, 0.5) is 13.2 Å². The molecule has 0 radical (unpaired) electrons. The Morgan fingerprint density at radius 1 is 1.28 bits per heavy atom. The molecule has 1 N–H and O–H groups in total. The Labute approximate surface area is 101 Å². The summed E-state index contributed by atoms with van der Waals surface area (Å²) in [6.45, 7) is 0.542. The highest BCUT2D eigenvalue weighted by atomic mass is 19.4. The second kappa shape index (κ2) is 4.73. The van der Waals surface area contributed by atoms with Crippen LogP contribution < -0.4 is 5.32 Å². The highest BCUT2D eigenvalue weighted by Crippen LogP contribution is 2.27. The third-order valence-corrected chi connectivity index (χ3v) is 2.16. The predicted molar refractivity (Wildman–Crippen MR) is 56.9 cm³/mol. The highest BCUT2D eigenvalue weighted by Gasteiger charge is 2.33. The van der Waals surface area contributed by atoms with E-state index in [0.29, 0.717) is 12.2 Å². The van der Waals surface area contributed by atoms with Crippen molar-refractivity contribution in [3.05, 3.63) is 36.0 Å². The first kappa shape index (κ1) is 12.5. The Balaban J connectivity index is 2.23. The van der Waals surface area contributed by atoms with Crippen molar-refractivity contribution >= 4 is 0 Å². The van der Waals surface area contributed by atoms with Gasteiger partial charge in [-0.3, -0.25) is 4.98 Å². The second-order valence-corrected chi connectivity index (χ2v) is 3.54. The van der Waals surface area contributed by atoms with Gasteiger partial charge in [0.2, 0.25) is 0 Å². The molecule has 0 saturated heterocycles. The molecule has 2 aromatic rings. The minimum Gasteiger partial charge on any atom is -0.314 e. The van der Waals surface area contributed by atoms with E-state index >= 15 is 0 Å². The maximum Gasteiger partial charge on any atom is 0.435 e. The molecule has 8 heteroatoms. The molecule has 2 rings (SSSR count). The molecule has 0 aliphatic carbocycles. The molecule has 0 unspecified atom stereocenters. The van der Waals surface area contributed by atoms with Crippen LogP contribution in [0.3, 0.4) is 0 Å². The van der Waals surface area contributed by atoms with Gasteiger partial charge >= 0.3 is 6.18 Å². The summed E-state index contributed by atoms with van der Waals surface area (Å²) in [5.41, 5.74) is -0.256. The van der Waals surface area contributed by atoms with Gasteiger partial charge in [-0.25, -0.2) is 9.67 Å². The molecule has 0 aliphatic heterocycles. The number of hydrogen-bond acceptors (Lipinski definition) is 4. The number of rotatable bonds is 3. The highest BCUT2D eigenvalue weighted by molar-refractivity contribution is 5.19. The van der Waals surface area contributed by atoms with E-state index < -0.39 is 11.9 Å². The molecular formula is C10H10F3N5. The van der Waals surface area contributed by atoms with Crippen LogP contribution in [0.2, 0.25) is 0 Å². The number of halogens is 3. The number of nitrogens with zero attached hydrogens (tertiary/aromatic N) is 4. The van der Waals surface area contributed by atoms with Gasteiger partial charge in [0.05, 0.1) is 18.1 Å². The van der Waals surface area contributed by atoms with E-state index in [4.69, 9.17) is 0 Å². The van der Waals surface area contributed by atoms with Crippen molar-refractivity contribution in [1.29, 1.82) is 0 Å². The first-order valence-electron chi connectivity index (χ1n) is 5.09. The Morgan fingerprint density at radius 2 is 2.06 bits per heavy atom. The number of nitrogens with one attached hydrogen (secondary N) is 1. The average molecular weight is 257 g/mol. The van der Waals surface area contributed by atoms with Crippen molar-refractivity contribution in [3.8, 4) is 5.82 Å². The first-order valence-corrected chi connectivity index (χ1v) is 5.09. The molecule has 18 heavy (non-hydrogen) atoms. The Kier molecular flexibility index (Phi) is 3.28. The van der Waals surface area contributed by atoms with Gasteiger partial charge in [-0.2, -0.15) is 18.3 Å². The van der Waals surface area contributed by atoms with Gasteiger partial charge in [0.1, 0.15) is 0 Å². The van der Waals surface area contributed by atoms with Crippen LogP contribution in [0.5, 0.6) is 0 Å². The summed E-state index contributed by atoms with van der Waals surface area (Å²) in [6.07, 6.45) is -0.393. The molecule has 0 atom stereocenters. The van der Waals surface area contributed by atoms with Gasteiger partial charge < -0.3 is 5.32 Å². The van der Waals surface area contributed by atoms with Crippen LogP contribution in [-0.2, 0) is 12.7 Å². The van der Waals surface area contributed by atoms with E-state index in [1.165, 1.54) is 18.6 Å². The molecule has 0 aromatic carbocycles. The van der Waals surface area contributed by atoms with Crippen LogP contribution in [-0.4, -0.2) is 26.8 Å². The van der Waals surface area contributed by atoms with Crippen molar-refractivity contribution in [2.75, 3.05) is 7.05 Å². The van der Waals surface area contributed by atoms with Gasteiger partial charge in [0, 0.05) is 12.7 Å². The van der Waals surface area contributed by atoms with Crippen molar-refractivity contribution in [3.63, 3.8) is 0 Å². The largest absolute Gasteiger partial charge is 0.435 e. The smallest absolute Gasteiger partial charge is 0.314 e. The van der Waals surface area contributed by atoms with Crippen LogP contribution in [0, 0.1) is 0 Å². The molecule has 2 aromatic heterocycles. The minimum atomic E-state index is -4.45. The number of hydrogen-bond donors (Lipinski definition) is 1. The van der Waals surface area contributed by atoms with Crippen molar-refractivity contribution in [1.82, 2.24) is 25.1 Å². The lowest BCUT2D eigenvalue weighted by Gasteiger charge is -2.03. The zero-order valence-electron chi connectivity index (χ0n) is 9.44. The summed E-state index contributed by atoms with van der Waals surface area (Å²) in [4.78, 5) is 8.04. The van der Waals surface area contributed by atoms with Crippen molar-refractivity contribution in [2.24, 2.45) is 0 Å². The van der Waals surface area contributed by atoms with E-state index in [2.05, 4.69) is 20.4 Å².